The Balaban J connectivity index is 2.16. The van der Waals surface area contributed by atoms with Gasteiger partial charge in [0.25, 0.3) is 0 Å². The summed E-state index contributed by atoms with van der Waals surface area (Å²) in [5, 5.41) is 0. The summed E-state index contributed by atoms with van der Waals surface area (Å²) >= 11 is 0. The van der Waals surface area contributed by atoms with E-state index in [0.717, 1.165) is 22.3 Å². The molecule has 2 aromatic carbocycles. The number of rotatable bonds is 5. The quantitative estimate of drug-likeness (QED) is 0.604. The van der Waals surface area contributed by atoms with Crippen LogP contribution in [0.1, 0.15) is 38.0 Å². The maximum Gasteiger partial charge on any atom is 0.303 e. The van der Waals surface area contributed by atoms with Crippen LogP contribution in [0.25, 0.3) is 11.1 Å². The van der Waals surface area contributed by atoms with E-state index in [0.29, 0.717) is 40.9 Å². The van der Waals surface area contributed by atoms with Gasteiger partial charge in [-0.05, 0) is 30.0 Å². The third kappa shape index (κ3) is 3.67. The van der Waals surface area contributed by atoms with Crippen molar-refractivity contribution in [1.29, 1.82) is 0 Å². The fraction of sp³-hybridized carbons (Fsp3) is 0.480. The average Bonchev–Trinajstić information content (AvgIpc) is 3.27. The smallest absolute Gasteiger partial charge is 0.303 e. The van der Waals surface area contributed by atoms with Gasteiger partial charge >= 0.3 is 5.97 Å². The molecule has 1 heterocycles. The normalized spacial score (nSPS) is 20.6. The lowest BCUT2D eigenvalue weighted by atomic mass is 9.76. The second-order valence-corrected chi connectivity index (χ2v) is 8.36. The number of methoxy groups -OCH3 is 4. The van der Waals surface area contributed by atoms with Crippen molar-refractivity contribution in [1.82, 2.24) is 0 Å². The molecule has 2 aliphatic rings. The molecule has 0 spiro atoms. The van der Waals surface area contributed by atoms with Gasteiger partial charge in [0.1, 0.15) is 6.10 Å². The minimum atomic E-state index is -0.526. The van der Waals surface area contributed by atoms with Crippen molar-refractivity contribution in [3.63, 3.8) is 0 Å². The SMILES string of the molecule is COc1cc2c(c(OC)c1OC)-c1c(cc3c(c1OC)OCO3)[C@H](OC(C)=O)C(C)[C@@H](C)C2. The van der Waals surface area contributed by atoms with E-state index in [1.807, 2.05) is 12.1 Å². The van der Waals surface area contributed by atoms with Crippen LogP contribution in [-0.4, -0.2) is 41.2 Å². The fourth-order valence-corrected chi connectivity index (χ4v) is 4.81. The first-order valence-electron chi connectivity index (χ1n) is 10.9. The molecule has 0 fully saturated rings. The molecule has 1 aliphatic heterocycles. The van der Waals surface area contributed by atoms with E-state index >= 15 is 0 Å². The minimum Gasteiger partial charge on any atom is -0.493 e. The van der Waals surface area contributed by atoms with Crippen molar-refractivity contribution in [2.24, 2.45) is 11.8 Å². The first-order chi connectivity index (χ1) is 15.9. The predicted molar refractivity (Wildman–Crippen MR) is 121 cm³/mol. The predicted octanol–water partition coefficient (Wildman–Crippen LogP) is 4.55. The standard InChI is InChI=1S/C25H30O8/c1-12-8-15-9-17(27-4)22(28-5)24(29-6)19(15)20-16(21(13(12)2)33-14(3)26)10-18-23(25(20)30-7)32-11-31-18/h9-10,12-13,21H,8,11H2,1-7H3/t12-,13?,21+/m0/s1. The van der Waals surface area contributed by atoms with E-state index < -0.39 is 6.10 Å². The van der Waals surface area contributed by atoms with E-state index in [-0.39, 0.29) is 24.6 Å². The van der Waals surface area contributed by atoms with Gasteiger partial charge in [-0.25, -0.2) is 0 Å². The first-order valence-corrected chi connectivity index (χ1v) is 10.9. The van der Waals surface area contributed by atoms with E-state index in [1.165, 1.54) is 6.92 Å². The number of hydrogen-bond donors (Lipinski definition) is 0. The molecule has 0 amide bonds. The molecule has 0 bridgehead atoms. The number of benzene rings is 2. The summed E-state index contributed by atoms with van der Waals surface area (Å²) < 4.78 is 40.4. The van der Waals surface area contributed by atoms with Gasteiger partial charge in [-0.2, -0.15) is 0 Å². The van der Waals surface area contributed by atoms with E-state index in [9.17, 15) is 4.79 Å². The summed E-state index contributed by atoms with van der Waals surface area (Å²) in [7, 11) is 6.34. The monoisotopic (exact) mass is 458 g/mol. The second-order valence-electron chi connectivity index (χ2n) is 8.36. The van der Waals surface area contributed by atoms with Crippen molar-refractivity contribution >= 4 is 5.97 Å². The van der Waals surface area contributed by atoms with E-state index in [2.05, 4.69) is 13.8 Å². The van der Waals surface area contributed by atoms with Gasteiger partial charge in [0.15, 0.2) is 23.0 Å². The number of ether oxygens (including phenoxy) is 7. The zero-order valence-electron chi connectivity index (χ0n) is 20.1. The highest BCUT2D eigenvalue weighted by Gasteiger charge is 2.39. The van der Waals surface area contributed by atoms with Crippen LogP contribution in [0.15, 0.2) is 12.1 Å². The third-order valence-electron chi connectivity index (χ3n) is 6.53. The molecule has 0 saturated heterocycles. The van der Waals surface area contributed by atoms with Crippen LogP contribution in [0, 0.1) is 11.8 Å². The number of fused-ring (bicyclic) bond motifs is 4. The maximum absolute atomic E-state index is 12.1. The Bertz CT molecular complexity index is 1080. The van der Waals surface area contributed by atoms with Crippen LogP contribution in [-0.2, 0) is 16.0 Å². The van der Waals surface area contributed by atoms with Crippen LogP contribution in [0.3, 0.4) is 0 Å². The van der Waals surface area contributed by atoms with Crippen molar-refractivity contribution in [2.45, 2.75) is 33.3 Å². The number of carbonyl (C=O) groups is 1. The summed E-state index contributed by atoms with van der Waals surface area (Å²) in [5.74, 6) is 2.90. The second kappa shape index (κ2) is 8.92. The Kier molecular flexibility index (Phi) is 6.19. The molecule has 33 heavy (non-hydrogen) atoms. The van der Waals surface area contributed by atoms with Gasteiger partial charge in [-0.15, -0.1) is 0 Å². The van der Waals surface area contributed by atoms with Crippen LogP contribution < -0.4 is 28.4 Å². The van der Waals surface area contributed by atoms with Crippen LogP contribution >= 0.6 is 0 Å². The highest BCUT2D eigenvalue weighted by Crippen LogP contribution is 2.58. The van der Waals surface area contributed by atoms with Gasteiger partial charge in [0.05, 0.1) is 28.4 Å². The van der Waals surface area contributed by atoms with Gasteiger partial charge in [-0.3, -0.25) is 4.79 Å². The first kappa shape index (κ1) is 22.9. The fourth-order valence-electron chi connectivity index (χ4n) is 4.81. The van der Waals surface area contributed by atoms with Crippen molar-refractivity contribution in [3.8, 4) is 45.6 Å². The van der Waals surface area contributed by atoms with E-state index in [4.69, 9.17) is 33.2 Å². The summed E-state index contributed by atoms with van der Waals surface area (Å²) in [6.07, 6.45) is 0.170. The molecule has 0 N–H and O–H groups in total. The molecule has 4 rings (SSSR count). The summed E-state index contributed by atoms with van der Waals surface area (Å²) in [6.45, 7) is 5.72. The van der Waals surface area contributed by atoms with Gasteiger partial charge in [0, 0.05) is 29.5 Å². The van der Waals surface area contributed by atoms with Crippen molar-refractivity contribution in [3.05, 3.63) is 23.3 Å². The van der Waals surface area contributed by atoms with Gasteiger partial charge < -0.3 is 33.2 Å². The third-order valence-corrected chi connectivity index (χ3v) is 6.53. The summed E-state index contributed by atoms with van der Waals surface area (Å²) in [4.78, 5) is 12.1. The summed E-state index contributed by atoms with van der Waals surface area (Å²) in [5.41, 5.74) is 3.27. The zero-order valence-corrected chi connectivity index (χ0v) is 20.1. The molecule has 2 aromatic rings. The highest BCUT2D eigenvalue weighted by atomic mass is 16.7. The zero-order chi connectivity index (χ0) is 23.9. The van der Waals surface area contributed by atoms with Crippen LogP contribution in [0.4, 0.5) is 0 Å². The molecular formula is C25H30O8. The largest absolute Gasteiger partial charge is 0.493 e. The van der Waals surface area contributed by atoms with Crippen molar-refractivity contribution in [2.75, 3.05) is 35.2 Å². The molecule has 178 valence electrons. The highest BCUT2D eigenvalue weighted by molar-refractivity contribution is 5.89. The molecule has 0 radical (unpaired) electrons. The lowest BCUT2D eigenvalue weighted by Gasteiger charge is -2.35. The number of carbonyl (C=O) groups excluding carboxylic acids is 1. The number of hydrogen-bond acceptors (Lipinski definition) is 8. The molecule has 0 saturated carbocycles. The van der Waals surface area contributed by atoms with Gasteiger partial charge in [0.2, 0.25) is 18.3 Å². The summed E-state index contributed by atoms with van der Waals surface area (Å²) in [6, 6.07) is 3.85. The molecule has 8 nitrogen and oxygen atoms in total. The van der Waals surface area contributed by atoms with Crippen LogP contribution in [0.5, 0.6) is 34.5 Å². The average molecular weight is 459 g/mol. The van der Waals surface area contributed by atoms with Crippen LogP contribution in [0.2, 0.25) is 0 Å². The minimum absolute atomic E-state index is 0.00460. The Morgan fingerprint density at radius 1 is 0.909 bits per heavy atom. The lowest BCUT2D eigenvalue weighted by Crippen LogP contribution is -2.26. The Hall–Kier alpha value is -3.29. The van der Waals surface area contributed by atoms with Crippen molar-refractivity contribution < 1.29 is 38.0 Å². The molecule has 1 unspecified atom stereocenters. The Labute approximate surface area is 193 Å². The molecule has 8 heteroatoms. The molecule has 3 atom stereocenters. The van der Waals surface area contributed by atoms with E-state index in [1.54, 1.807) is 28.4 Å². The molecule has 0 aromatic heterocycles. The lowest BCUT2D eigenvalue weighted by molar-refractivity contribution is -0.150. The Morgan fingerprint density at radius 3 is 2.21 bits per heavy atom. The Morgan fingerprint density at radius 2 is 1.61 bits per heavy atom. The topological polar surface area (TPSA) is 81.7 Å². The molecular weight excluding hydrogens is 428 g/mol. The number of esters is 1. The molecule has 1 aliphatic carbocycles. The van der Waals surface area contributed by atoms with Gasteiger partial charge in [-0.1, -0.05) is 13.8 Å². The maximum atomic E-state index is 12.1.